The predicted molar refractivity (Wildman–Crippen MR) is 101 cm³/mol. The van der Waals surface area contributed by atoms with Crippen LogP contribution in [-0.2, 0) is 10.3 Å². The van der Waals surface area contributed by atoms with Crippen LogP contribution in [0, 0.1) is 30.1 Å². The van der Waals surface area contributed by atoms with Crippen LogP contribution in [0.15, 0.2) is 18.2 Å². The van der Waals surface area contributed by atoms with Gasteiger partial charge in [-0.15, -0.1) is 0 Å². The van der Waals surface area contributed by atoms with Gasteiger partial charge in [0, 0.05) is 18.0 Å². The quantitative estimate of drug-likeness (QED) is 0.762. The zero-order chi connectivity index (χ0) is 18.6. The molecular weight excluding hydrogens is 308 g/mol. The third-order valence-electron chi connectivity index (χ3n) is 6.42. The largest absolute Gasteiger partial charge is 0.292 e. The Balaban J connectivity index is 2.03. The van der Waals surface area contributed by atoms with Crippen LogP contribution in [0.25, 0.3) is 0 Å². The van der Waals surface area contributed by atoms with Gasteiger partial charge in [-0.1, -0.05) is 31.5 Å². The number of hydroxylamine groups is 2. The lowest BCUT2D eigenvalue weighted by Gasteiger charge is -2.47. The lowest BCUT2D eigenvalue weighted by molar-refractivity contribution is -0.215. The summed E-state index contributed by atoms with van der Waals surface area (Å²) in [6, 6.07) is 9.53. The van der Waals surface area contributed by atoms with Crippen LogP contribution in [0.5, 0.6) is 0 Å². The Bertz CT molecular complexity index is 702. The summed E-state index contributed by atoms with van der Waals surface area (Å²) in [4.78, 5) is 6.41. The van der Waals surface area contributed by atoms with E-state index in [4.69, 9.17) is 4.84 Å². The minimum Gasteiger partial charge on any atom is -0.292 e. The van der Waals surface area contributed by atoms with E-state index in [1.807, 2.05) is 12.1 Å². The van der Waals surface area contributed by atoms with Crippen molar-refractivity contribution < 1.29 is 4.84 Å². The fourth-order valence-corrected chi connectivity index (χ4v) is 5.33. The molecule has 0 radical (unpaired) electrons. The molecule has 0 unspecified atom stereocenters. The van der Waals surface area contributed by atoms with Crippen LogP contribution in [0.2, 0.25) is 0 Å². The Labute approximate surface area is 152 Å². The third kappa shape index (κ3) is 3.00. The number of aryl methyl sites for hydroxylation is 1. The summed E-state index contributed by atoms with van der Waals surface area (Å²) in [5.74, 6) is 0.996. The summed E-state index contributed by atoms with van der Waals surface area (Å²) >= 11 is 0. The van der Waals surface area contributed by atoms with Crippen molar-refractivity contribution in [3.8, 4) is 6.07 Å². The number of fused-ring (bicyclic) bond motifs is 1. The standard InChI is InChI=1S/C22H32N2O/c1-14(2)24-20-16(4)11-22(7,12-19(20)21(5,6)25-24)18-10-15(3)8-9-17(18)13-23/h8-10,14,16,19-20H,11-12H2,1-7H3/t16-,19-,20-,22+/m0/s1. The van der Waals surface area contributed by atoms with Crippen molar-refractivity contribution >= 4 is 0 Å². The molecule has 1 aromatic carbocycles. The molecular formula is C22H32N2O. The molecule has 3 heteroatoms. The zero-order valence-electron chi connectivity index (χ0n) is 16.8. The van der Waals surface area contributed by atoms with Crippen molar-refractivity contribution in [2.45, 2.75) is 84.4 Å². The fourth-order valence-electron chi connectivity index (χ4n) is 5.33. The van der Waals surface area contributed by atoms with E-state index in [2.05, 4.69) is 65.7 Å². The molecule has 0 amide bonds. The topological polar surface area (TPSA) is 36.3 Å². The first-order valence-electron chi connectivity index (χ1n) is 9.58. The van der Waals surface area contributed by atoms with Gasteiger partial charge in [0.25, 0.3) is 0 Å². The smallest absolute Gasteiger partial charge is 0.0994 e. The van der Waals surface area contributed by atoms with E-state index in [9.17, 15) is 5.26 Å². The van der Waals surface area contributed by atoms with E-state index in [1.165, 1.54) is 11.1 Å². The minimum absolute atomic E-state index is 0.0191. The molecule has 0 bridgehead atoms. The summed E-state index contributed by atoms with van der Waals surface area (Å²) in [7, 11) is 0. The normalized spacial score (nSPS) is 34.8. The number of rotatable bonds is 2. The highest BCUT2D eigenvalue weighted by atomic mass is 16.7. The second-order valence-corrected chi connectivity index (χ2v) is 9.35. The number of nitrogens with zero attached hydrogens (tertiary/aromatic N) is 2. The summed E-state index contributed by atoms with van der Waals surface area (Å²) in [5.41, 5.74) is 3.14. The third-order valence-corrected chi connectivity index (χ3v) is 6.42. The van der Waals surface area contributed by atoms with E-state index < -0.39 is 0 Å². The van der Waals surface area contributed by atoms with Gasteiger partial charge in [-0.2, -0.15) is 10.3 Å². The summed E-state index contributed by atoms with van der Waals surface area (Å²) in [6.07, 6.45) is 2.16. The Morgan fingerprint density at radius 3 is 2.52 bits per heavy atom. The molecule has 0 aromatic heterocycles. The van der Waals surface area contributed by atoms with Gasteiger partial charge in [-0.05, 0) is 70.4 Å². The highest BCUT2D eigenvalue weighted by molar-refractivity contribution is 5.45. The molecule has 1 aliphatic carbocycles. The Morgan fingerprint density at radius 2 is 1.92 bits per heavy atom. The van der Waals surface area contributed by atoms with Crippen molar-refractivity contribution in [1.82, 2.24) is 5.06 Å². The van der Waals surface area contributed by atoms with Crippen molar-refractivity contribution in [2.24, 2.45) is 11.8 Å². The Morgan fingerprint density at radius 1 is 1.24 bits per heavy atom. The molecule has 1 saturated carbocycles. The molecule has 3 nitrogen and oxygen atoms in total. The lowest BCUT2D eigenvalue weighted by Crippen LogP contribution is -2.50. The van der Waals surface area contributed by atoms with Gasteiger partial charge >= 0.3 is 0 Å². The van der Waals surface area contributed by atoms with Gasteiger partial charge in [0.05, 0.1) is 17.2 Å². The van der Waals surface area contributed by atoms with Gasteiger partial charge in [-0.3, -0.25) is 4.84 Å². The van der Waals surface area contributed by atoms with E-state index in [-0.39, 0.29) is 11.0 Å². The van der Waals surface area contributed by atoms with Crippen molar-refractivity contribution in [3.63, 3.8) is 0 Å². The molecule has 1 saturated heterocycles. The maximum Gasteiger partial charge on any atom is 0.0994 e. The van der Waals surface area contributed by atoms with Gasteiger partial charge in [-0.25, -0.2) is 0 Å². The fraction of sp³-hybridized carbons (Fsp3) is 0.682. The molecule has 1 heterocycles. The van der Waals surface area contributed by atoms with Crippen LogP contribution in [-0.4, -0.2) is 22.7 Å². The molecule has 0 N–H and O–H groups in total. The first-order valence-corrected chi connectivity index (χ1v) is 9.58. The van der Waals surface area contributed by atoms with E-state index in [0.29, 0.717) is 23.9 Å². The van der Waals surface area contributed by atoms with Gasteiger partial charge in [0.2, 0.25) is 0 Å². The SMILES string of the molecule is Cc1ccc(C#N)c([C@]2(C)C[C@H](C)[C@H]3[C@H](C2)C(C)(C)ON3C(C)C)c1. The van der Waals surface area contributed by atoms with Crippen LogP contribution >= 0.6 is 0 Å². The Kier molecular flexibility index (Phi) is 4.50. The average Bonchev–Trinajstić information content (AvgIpc) is 2.79. The van der Waals surface area contributed by atoms with Crippen LogP contribution in [0.1, 0.15) is 71.1 Å². The molecule has 25 heavy (non-hydrogen) atoms. The highest BCUT2D eigenvalue weighted by Crippen LogP contribution is 2.54. The van der Waals surface area contributed by atoms with E-state index >= 15 is 0 Å². The molecule has 0 spiro atoms. The van der Waals surface area contributed by atoms with E-state index in [0.717, 1.165) is 18.4 Å². The first kappa shape index (κ1) is 18.4. The molecule has 2 aliphatic rings. The predicted octanol–water partition coefficient (Wildman–Crippen LogP) is 4.97. The van der Waals surface area contributed by atoms with Gasteiger partial charge < -0.3 is 0 Å². The van der Waals surface area contributed by atoms with Crippen molar-refractivity contribution in [2.75, 3.05) is 0 Å². The van der Waals surface area contributed by atoms with Crippen molar-refractivity contribution in [1.29, 1.82) is 5.26 Å². The Hall–Kier alpha value is -1.37. The maximum atomic E-state index is 9.64. The molecule has 2 fully saturated rings. The van der Waals surface area contributed by atoms with Crippen LogP contribution in [0.4, 0.5) is 0 Å². The van der Waals surface area contributed by atoms with Crippen LogP contribution < -0.4 is 0 Å². The lowest BCUT2D eigenvalue weighted by atomic mass is 9.58. The first-order chi connectivity index (χ1) is 11.6. The number of benzene rings is 1. The minimum atomic E-state index is -0.165. The molecule has 3 rings (SSSR count). The molecule has 1 aliphatic heterocycles. The van der Waals surface area contributed by atoms with Gasteiger partial charge in [0.1, 0.15) is 0 Å². The summed E-state index contributed by atoms with van der Waals surface area (Å²) in [6.45, 7) is 15.7. The molecule has 1 aromatic rings. The summed E-state index contributed by atoms with van der Waals surface area (Å²) < 4.78 is 0. The second kappa shape index (κ2) is 6.11. The van der Waals surface area contributed by atoms with E-state index in [1.54, 1.807) is 0 Å². The number of nitriles is 1. The van der Waals surface area contributed by atoms with Gasteiger partial charge in [0.15, 0.2) is 0 Å². The monoisotopic (exact) mass is 340 g/mol. The zero-order valence-corrected chi connectivity index (χ0v) is 16.8. The second-order valence-electron chi connectivity index (χ2n) is 9.35. The van der Waals surface area contributed by atoms with Crippen LogP contribution in [0.3, 0.4) is 0 Å². The number of hydrogen-bond donors (Lipinski definition) is 0. The molecule has 4 atom stereocenters. The number of hydrogen-bond acceptors (Lipinski definition) is 3. The highest BCUT2D eigenvalue weighted by Gasteiger charge is 2.57. The maximum absolute atomic E-state index is 9.64. The summed E-state index contributed by atoms with van der Waals surface area (Å²) in [5, 5.41) is 11.9. The molecule has 136 valence electrons. The van der Waals surface area contributed by atoms with Crippen molar-refractivity contribution in [3.05, 3.63) is 34.9 Å². The average molecular weight is 341 g/mol.